The maximum absolute atomic E-state index is 13.3. The van der Waals surface area contributed by atoms with E-state index < -0.39 is 0 Å². The summed E-state index contributed by atoms with van der Waals surface area (Å²) in [4.78, 5) is 15.8. The number of carbonyl (C=O) groups is 1. The minimum atomic E-state index is -0.358. The second kappa shape index (κ2) is 6.28. The molecule has 0 radical (unpaired) electrons. The van der Waals surface area contributed by atoms with Gasteiger partial charge in [-0.1, -0.05) is 18.3 Å². The van der Waals surface area contributed by atoms with E-state index in [0.29, 0.717) is 18.7 Å². The monoisotopic (exact) mass is 295 g/mol. The molecule has 1 aliphatic rings. The number of halogens is 1. The number of carbonyl (C=O) groups excluding carboxylic acids is 1. The van der Waals surface area contributed by atoms with E-state index in [1.54, 1.807) is 11.0 Å². The van der Waals surface area contributed by atoms with Crippen LogP contribution in [0.2, 0.25) is 0 Å². The molecule has 1 aliphatic heterocycles. The van der Waals surface area contributed by atoms with Gasteiger partial charge in [0.2, 0.25) is 5.91 Å². The summed E-state index contributed by atoms with van der Waals surface area (Å²) >= 11 is 4.96. The van der Waals surface area contributed by atoms with E-state index in [4.69, 9.17) is 18.0 Å². The fourth-order valence-corrected chi connectivity index (χ4v) is 2.53. The lowest BCUT2D eigenvalue weighted by Gasteiger charge is -2.20. The number of hydrogen-bond acceptors (Lipinski definition) is 3. The number of benzene rings is 1. The Kier molecular flexibility index (Phi) is 4.67. The summed E-state index contributed by atoms with van der Waals surface area (Å²) in [6, 6.07) is 4.43. The second-order valence-corrected chi connectivity index (χ2v) is 5.49. The smallest absolute Gasteiger partial charge is 0.236 e. The first-order valence-corrected chi connectivity index (χ1v) is 6.93. The first kappa shape index (κ1) is 14.9. The van der Waals surface area contributed by atoms with Gasteiger partial charge in [0.05, 0.1) is 6.54 Å². The molecular weight excluding hydrogens is 277 g/mol. The predicted molar refractivity (Wildman–Crippen MR) is 79.8 cm³/mol. The van der Waals surface area contributed by atoms with Crippen LogP contribution >= 0.6 is 12.2 Å². The van der Waals surface area contributed by atoms with Gasteiger partial charge in [0.1, 0.15) is 10.8 Å². The van der Waals surface area contributed by atoms with Gasteiger partial charge in [-0.2, -0.15) is 0 Å². The Hall–Kier alpha value is -1.53. The molecule has 1 heterocycles. The normalized spacial score (nSPS) is 17.1. The second-order valence-electron chi connectivity index (χ2n) is 5.05. The Morgan fingerprint density at radius 1 is 1.45 bits per heavy atom. The molecule has 0 atom stereocenters. The predicted octanol–water partition coefficient (Wildman–Crippen LogP) is 1.12. The molecule has 0 bridgehead atoms. The van der Waals surface area contributed by atoms with Crippen LogP contribution < -0.4 is 5.73 Å². The highest BCUT2D eigenvalue weighted by Gasteiger charge is 2.20. The van der Waals surface area contributed by atoms with Crippen LogP contribution in [0.25, 0.3) is 0 Å². The quantitative estimate of drug-likeness (QED) is 0.849. The molecule has 0 aromatic heterocycles. The minimum absolute atomic E-state index is 0.0986. The van der Waals surface area contributed by atoms with Crippen molar-refractivity contribution >= 4 is 23.1 Å². The van der Waals surface area contributed by atoms with Crippen LogP contribution in [0.4, 0.5) is 4.39 Å². The summed E-state index contributed by atoms with van der Waals surface area (Å²) in [5.41, 5.74) is 7.04. The van der Waals surface area contributed by atoms with Gasteiger partial charge in [-0.05, 0) is 24.1 Å². The van der Waals surface area contributed by atoms with Crippen molar-refractivity contribution < 1.29 is 9.18 Å². The zero-order valence-electron chi connectivity index (χ0n) is 11.4. The summed E-state index contributed by atoms with van der Waals surface area (Å²) in [5.74, 6) is -0.260. The first-order valence-electron chi connectivity index (χ1n) is 6.52. The van der Waals surface area contributed by atoms with Crippen LogP contribution in [-0.2, 0) is 11.3 Å². The first-order chi connectivity index (χ1) is 9.47. The fraction of sp³-hybridized carbons (Fsp3) is 0.429. The van der Waals surface area contributed by atoms with E-state index in [0.717, 1.165) is 25.1 Å². The van der Waals surface area contributed by atoms with Crippen molar-refractivity contribution in [1.29, 1.82) is 0 Å². The molecule has 1 saturated heterocycles. The number of thiocarbonyl (C=S) groups is 1. The Morgan fingerprint density at radius 3 is 2.90 bits per heavy atom. The number of likely N-dealkylation sites (N-methyl/N-ethyl adjacent to an activating group) is 1. The molecule has 1 aromatic carbocycles. The molecule has 0 spiro atoms. The van der Waals surface area contributed by atoms with Crippen molar-refractivity contribution in [3.63, 3.8) is 0 Å². The van der Waals surface area contributed by atoms with Gasteiger partial charge in [-0.15, -0.1) is 0 Å². The third-order valence-electron chi connectivity index (χ3n) is 3.48. The van der Waals surface area contributed by atoms with Crippen LogP contribution in [0, 0.1) is 5.82 Å². The molecule has 1 aromatic rings. The largest absolute Gasteiger partial charge is 0.389 e. The summed E-state index contributed by atoms with van der Waals surface area (Å²) in [7, 11) is 1.81. The molecule has 108 valence electrons. The highest BCUT2D eigenvalue weighted by Crippen LogP contribution is 2.15. The van der Waals surface area contributed by atoms with E-state index in [2.05, 4.69) is 0 Å². The number of amides is 1. The van der Waals surface area contributed by atoms with Crippen LogP contribution in [0.15, 0.2) is 18.2 Å². The maximum Gasteiger partial charge on any atom is 0.236 e. The van der Waals surface area contributed by atoms with Crippen LogP contribution in [0.3, 0.4) is 0 Å². The average Bonchev–Trinajstić information content (AvgIpc) is 2.54. The fourth-order valence-electron chi connectivity index (χ4n) is 2.34. The zero-order chi connectivity index (χ0) is 14.7. The topological polar surface area (TPSA) is 49.6 Å². The lowest BCUT2D eigenvalue weighted by Crippen LogP contribution is -2.34. The lowest BCUT2D eigenvalue weighted by molar-refractivity contribution is -0.130. The van der Waals surface area contributed by atoms with Crippen molar-refractivity contribution in [2.24, 2.45) is 5.73 Å². The van der Waals surface area contributed by atoms with E-state index in [-0.39, 0.29) is 16.7 Å². The third-order valence-corrected chi connectivity index (χ3v) is 3.70. The number of hydrogen-bond donors (Lipinski definition) is 1. The number of nitrogens with zero attached hydrogens (tertiary/aromatic N) is 2. The molecule has 2 rings (SSSR count). The highest BCUT2D eigenvalue weighted by atomic mass is 32.1. The molecule has 1 amide bonds. The molecule has 2 N–H and O–H groups in total. The standard InChI is InChI=1S/C14H18FN3OS/c1-17-5-2-6-18(9-13(17)19)8-10-3-4-11(15)7-12(10)14(16)20/h3-4,7H,2,5-6,8-9H2,1H3,(H2,16,20). The van der Waals surface area contributed by atoms with Crippen LogP contribution in [0.1, 0.15) is 17.5 Å². The van der Waals surface area contributed by atoms with Crippen molar-refractivity contribution in [2.45, 2.75) is 13.0 Å². The lowest BCUT2D eigenvalue weighted by atomic mass is 10.1. The van der Waals surface area contributed by atoms with Crippen molar-refractivity contribution in [3.05, 3.63) is 35.1 Å². The molecule has 20 heavy (non-hydrogen) atoms. The number of nitrogens with two attached hydrogens (primary N) is 1. The molecule has 4 nitrogen and oxygen atoms in total. The summed E-state index contributed by atoms with van der Waals surface area (Å²) < 4.78 is 13.3. The highest BCUT2D eigenvalue weighted by molar-refractivity contribution is 7.80. The van der Waals surface area contributed by atoms with Gasteiger partial charge in [-0.25, -0.2) is 4.39 Å². The Morgan fingerprint density at radius 2 is 2.20 bits per heavy atom. The van der Waals surface area contributed by atoms with Gasteiger partial charge < -0.3 is 10.6 Å². The summed E-state index contributed by atoms with van der Waals surface area (Å²) in [6.07, 6.45) is 0.922. The van der Waals surface area contributed by atoms with E-state index >= 15 is 0 Å². The Labute approximate surface area is 123 Å². The van der Waals surface area contributed by atoms with E-state index in [1.807, 2.05) is 11.9 Å². The van der Waals surface area contributed by atoms with Crippen LogP contribution in [0.5, 0.6) is 0 Å². The van der Waals surface area contributed by atoms with E-state index in [1.165, 1.54) is 12.1 Å². The van der Waals surface area contributed by atoms with Crippen molar-refractivity contribution in [3.8, 4) is 0 Å². The van der Waals surface area contributed by atoms with Crippen LogP contribution in [-0.4, -0.2) is 47.4 Å². The van der Waals surface area contributed by atoms with Gasteiger partial charge in [0, 0.05) is 32.2 Å². The molecule has 0 unspecified atom stereocenters. The third kappa shape index (κ3) is 3.52. The number of rotatable bonds is 3. The molecule has 1 fully saturated rings. The van der Waals surface area contributed by atoms with Crippen molar-refractivity contribution in [1.82, 2.24) is 9.80 Å². The van der Waals surface area contributed by atoms with Gasteiger partial charge >= 0.3 is 0 Å². The molecule has 6 heteroatoms. The SMILES string of the molecule is CN1CCCN(Cc2ccc(F)cc2C(N)=S)CC1=O. The van der Waals surface area contributed by atoms with Gasteiger partial charge in [-0.3, -0.25) is 9.69 Å². The molecule has 0 saturated carbocycles. The Balaban J connectivity index is 2.17. The molecular formula is C14H18FN3OS. The van der Waals surface area contributed by atoms with Gasteiger partial charge in [0.25, 0.3) is 0 Å². The maximum atomic E-state index is 13.3. The Bertz CT molecular complexity index is 535. The summed E-state index contributed by atoms with van der Waals surface area (Å²) in [6.45, 7) is 2.50. The minimum Gasteiger partial charge on any atom is -0.389 e. The zero-order valence-corrected chi connectivity index (χ0v) is 12.3. The van der Waals surface area contributed by atoms with Crippen molar-refractivity contribution in [2.75, 3.05) is 26.7 Å². The average molecular weight is 295 g/mol. The van der Waals surface area contributed by atoms with Gasteiger partial charge in [0.15, 0.2) is 0 Å². The summed E-state index contributed by atoms with van der Waals surface area (Å²) in [5, 5.41) is 0. The van der Waals surface area contributed by atoms with E-state index in [9.17, 15) is 9.18 Å². The molecule has 0 aliphatic carbocycles.